The molecule has 1 unspecified atom stereocenters. The summed E-state index contributed by atoms with van der Waals surface area (Å²) in [7, 11) is 1.66. The van der Waals surface area contributed by atoms with Crippen LogP contribution in [0.5, 0.6) is 11.5 Å². The van der Waals surface area contributed by atoms with E-state index < -0.39 is 5.79 Å². The van der Waals surface area contributed by atoms with Crippen molar-refractivity contribution in [2.24, 2.45) is 10.7 Å². The van der Waals surface area contributed by atoms with E-state index in [0.29, 0.717) is 6.61 Å². The van der Waals surface area contributed by atoms with Gasteiger partial charge in [0.15, 0.2) is 0 Å². The third-order valence-electron chi connectivity index (χ3n) is 6.54. The fourth-order valence-corrected chi connectivity index (χ4v) is 4.32. The second-order valence-corrected chi connectivity index (χ2v) is 9.03. The summed E-state index contributed by atoms with van der Waals surface area (Å²) in [5.74, 6) is 1.13. The van der Waals surface area contributed by atoms with Gasteiger partial charge in [-0.3, -0.25) is 5.73 Å². The van der Waals surface area contributed by atoms with E-state index in [4.69, 9.17) is 20.2 Å². The van der Waals surface area contributed by atoms with Gasteiger partial charge in [0, 0.05) is 23.9 Å². The number of anilines is 1. The number of rotatable bonds is 11. The van der Waals surface area contributed by atoms with Gasteiger partial charge in [0.05, 0.1) is 12.8 Å². The van der Waals surface area contributed by atoms with E-state index in [-0.39, 0.29) is 0 Å². The van der Waals surface area contributed by atoms with E-state index in [9.17, 15) is 0 Å². The van der Waals surface area contributed by atoms with Crippen LogP contribution in [0.1, 0.15) is 30.5 Å². The number of nitrogens with two attached hydrogens (primary N) is 1. The lowest BCUT2D eigenvalue weighted by Gasteiger charge is -2.34. The van der Waals surface area contributed by atoms with Gasteiger partial charge in [0.2, 0.25) is 5.79 Å². The number of hydrogen-bond acceptors (Lipinski definition) is 7. The number of ether oxygens (including phenoxy) is 2. The van der Waals surface area contributed by atoms with Gasteiger partial charge < -0.3 is 25.0 Å². The normalized spacial score (nSPS) is 17.0. The molecule has 1 aliphatic rings. The summed E-state index contributed by atoms with van der Waals surface area (Å²) >= 11 is 0. The number of aryl methyl sites for hydroxylation is 1. The van der Waals surface area contributed by atoms with Gasteiger partial charge in [-0.15, -0.1) is 0 Å². The maximum atomic E-state index is 6.83. The molecule has 7 nitrogen and oxygen atoms in total. The van der Waals surface area contributed by atoms with E-state index in [1.54, 1.807) is 7.11 Å². The first-order chi connectivity index (χ1) is 18.0. The lowest BCUT2D eigenvalue weighted by atomic mass is 10.0. The molecular formula is C30H37N5O2. The van der Waals surface area contributed by atoms with E-state index in [0.717, 1.165) is 64.9 Å². The van der Waals surface area contributed by atoms with Crippen LogP contribution < -0.4 is 25.8 Å². The van der Waals surface area contributed by atoms with Gasteiger partial charge in [0.1, 0.15) is 23.9 Å². The summed E-state index contributed by atoms with van der Waals surface area (Å²) in [4.78, 5) is 7.09. The quantitative estimate of drug-likeness (QED) is 0.346. The van der Waals surface area contributed by atoms with E-state index in [1.165, 1.54) is 0 Å². The predicted molar refractivity (Wildman–Crippen MR) is 152 cm³/mol. The molecule has 7 heteroatoms. The number of aliphatic imine (C=N–C) groups is 1. The average molecular weight is 500 g/mol. The summed E-state index contributed by atoms with van der Waals surface area (Å²) in [5.41, 5.74) is 11.6. The molecule has 4 rings (SSSR count). The van der Waals surface area contributed by atoms with Crippen LogP contribution >= 0.6 is 0 Å². The highest BCUT2D eigenvalue weighted by Crippen LogP contribution is 2.31. The fraction of sp³-hybridized carbons (Fsp3) is 0.300. The molecule has 194 valence electrons. The first kappa shape index (κ1) is 26.3. The zero-order valence-corrected chi connectivity index (χ0v) is 22.1. The molecule has 1 heterocycles. The molecule has 3 aromatic carbocycles. The topological polar surface area (TPSA) is 84.1 Å². The minimum atomic E-state index is -1.16. The van der Waals surface area contributed by atoms with Gasteiger partial charge in [-0.05, 0) is 62.0 Å². The van der Waals surface area contributed by atoms with Gasteiger partial charge in [-0.2, -0.15) is 0 Å². The molecule has 0 radical (unpaired) electrons. The van der Waals surface area contributed by atoms with Crippen LogP contribution in [-0.4, -0.2) is 44.5 Å². The molecule has 0 aromatic heterocycles. The first-order valence-corrected chi connectivity index (χ1v) is 12.7. The van der Waals surface area contributed by atoms with Crippen molar-refractivity contribution in [3.63, 3.8) is 0 Å². The Labute approximate surface area is 220 Å². The first-order valence-electron chi connectivity index (χ1n) is 12.7. The molecule has 0 aliphatic carbocycles. The second kappa shape index (κ2) is 12.0. The summed E-state index contributed by atoms with van der Waals surface area (Å²) in [5, 5.41) is 6.95. The minimum Gasteiger partial charge on any atom is -0.495 e. The highest BCUT2D eigenvalue weighted by molar-refractivity contribution is 6.12. The van der Waals surface area contributed by atoms with Crippen molar-refractivity contribution >= 4 is 17.5 Å². The molecule has 0 saturated carbocycles. The molecule has 37 heavy (non-hydrogen) atoms. The van der Waals surface area contributed by atoms with Crippen molar-refractivity contribution in [3.8, 4) is 11.5 Å². The maximum absolute atomic E-state index is 6.83. The highest BCUT2D eigenvalue weighted by atomic mass is 16.5. The van der Waals surface area contributed by atoms with E-state index >= 15 is 0 Å². The van der Waals surface area contributed by atoms with Crippen LogP contribution in [0.15, 0.2) is 83.6 Å². The third kappa shape index (κ3) is 6.31. The van der Waals surface area contributed by atoms with Crippen LogP contribution in [0.3, 0.4) is 0 Å². The molecule has 4 N–H and O–H groups in total. The Morgan fingerprint density at radius 3 is 2.46 bits per heavy atom. The fourth-order valence-electron chi connectivity index (χ4n) is 4.32. The van der Waals surface area contributed by atoms with Crippen LogP contribution in [-0.2, 0) is 5.79 Å². The second-order valence-electron chi connectivity index (χ2n) is 9.03. The summed E-state index contributed by atoms with van der Waals surface area (Å²) in [6, 6.07) is 23.9. The Bertz CT molecular complexity index is 1250. The Hall–Kier alpha value is -3.81. The Morgan fingerprint density at radius 2 is 1.76 bits per heavy atom. The number of hydrogen-bond donors (Lipinski definition) is 3. The molecular weight excluding hydrogens is 462 g/mol. The SMILES string of the molecule is CCN(CC)CCOc1ccc(C2(N)N=CC(c3cccc(C)c3)=C(Nc3ccccc3OC)N2)cc1. The molecule has 3 aromatic rings. The molecule has 0 spiro atoms. The zero-order chi connectivity index (χ0) is 26.3. The molecule has 0 bridgehead atoms. The Kier molecular flexibility index (Phi) is 8.48. The maximum Gasteiger partial charge on any atom is 0.210 e. The lowest BCUT2D eigenvalue weighted by molar-refractivity contribution is 0.222. The van der Waals surface area contributed by atoms with E-state index in [2.05, 4.69) is 54.5 Å². The van der Waals surface area contributed by atoms with Crippen LogP contribution in [0, 0.1) is 6.92 Å². The zero-order valence-electron chi connectivity index (χ0n) is 22.1. The van der Waals surface area contributed by atoms with Crippen molar-refractivity contribution in [1.29, 1.82) is 0 Å². The summed E-state index contributed by atoms with van der Waals surface area (Å²) in [6.07, 6.45) is 1.83. The Morgan fingerprint density at radius 1 is 1.00 bits per heavy atom. The molecule has 0 amide bonds. The van der Waals surface area contributed by atoms with Crippen molar-refractivity contribution in [1.82, 2.24) is 10.2 Å². The number of likely N-dealkylation sites (N-methyl/N-ethyl adjacent to an activating group) is 1. The van der Waals surface area contributed by atoms with Gasteiger partial charge in [0.25, 0.3) is 0 Å². The van der Waals surface area contributed by atoms with Gasteiger partial charge in [-0.1, -0.05) is 55.8 Å². The third-order valence-corrected chi connectivity index (χ3v) is 6.54. The summed E-state index contributed by atoms with van der Waals surface area (Å²) < 4.78 is 11.5. The molecule has 1 aliphatic heterocycles. The van der Waals surface area contributed by atoms with Crippen LogP contribution in [0.25, 0.3) is 5.57 Å². The van der Waals surface area contributed by atoms with Crippen molar-refractivity contribution in [3.05, 3.63) is 95.3 Å². The van der Waals surface area contributed by atoms with Crippen molar-refractivity contribution in [2.45, 2.75) is 26.6 Å². The smallest absolute Gasteiger partial charge is 0.210 e. The largest absolute Gasteiger partial charge is 0.495 e. The molecule has 0 fully saturated rings. The van der Waals surface area contributed by atoms with Crippen LogP contribution in [0.2, 0.25) is 0 Å². The van der Waals surface area contributed by atoms with Crippen LogP contribution in [0.4, 0.5) is 5.69 Å². The summed E-state index contributed by atoms with van der Waals surface area (Å²) in [6.45, 7) is 9.96. The lowest BCUT2D eigenvalue weighted by Crippen LogP contribution is -2.51. The number of allylic oxidation sites excluding steroid dienone is 1. The number of nitrogens with one attached hydrogen (secondary N) is 2. The van der Waals surface area contributed by atoms with Gasteiger partial charge >= 0.3 is 0 Å². The van der Waals surface area contributed by atoms with Gasteiger partial charge in [-0.25, -0.2) is 4.99 Å². The number of benzene rings is 3. The van der Waals surface area contributed by atoms with Crippen molar-refractivity contribution < 1.29 is 9.47 Å². The van der Waals surface area contributed by atoms with Crippen molar-refractivity contribution in [2.75, 3.05) is 38.7 Å². The number of para-hydroxylation sites is 2. The number of nitrogens with zero attached hydrogens (tertiary/aromatic N) is 2. The number of methoxy groups -OCH3 is 1. The molecule has 1 atom stereocenters. The standard InChI is InChI=1S/C30H37N5O2/c1-5-35(6-2)18-19-37-25-16-14-24(15-17-25)30(31)32-21-26(23-11-9-10-22(3)20-23)29(34-30)33-27-12-7-8-13-28(27)36-4/h7-17,20-21,33-34H,5-6,18-19,31H2,1-4H3. The minimum absolute atomic E-state index is 0.640. The monoisotopic (exact) mass is 499 g/mol. The Balaban J connectivity index is 1.59. The molecule has 0 saturated heterocycles. The highest BCUT2D eigenvalue weighted by Gasteiger charge is 2.31. The average Bonchev–Trinajstić information content (AvgIpc) is 2.92. The predicted octanol–water partition coefficient (Wildman–Crippen LogP) is 4.95. The van der Waals surface area contributed by atoms with E-state index in [1.807, 2.05) is 60.8 Å².